The maximum Gasteiger partial charge on any atom is 0.343 e. The number of halogens is 3. The molecular formula is C40H28F2INO6. The van der Waals surface area contributed by atoms with Crippen molar-refractivity contribution in [3.05, 3.63) is 152 Å². The second-order valence-corrected chi connectivity index (χ2v) is 12.3. The Labute approximate surface area is 300 Å². The molecule has 0 saturated carbocycles. The molecule has 0 unspecified atom stereocenters. The number of nitrogens with one attached hydrogen (secondary N) is 1. The third-order valence-corrected chi connectivity index (χ3v) is 8.23. The summed E-state index contributed by atoms with van der Waals surface area (Å²) in [6, 6.07) is 30.0. The fourth-order valence-electron chi connectivity index (χ4n) is 5.22. The summed E-state index contributed by atoms with van der Waals surface area (Å²) in [5.74, 6) is 4.85. The molecule has 250 valence electrons. The smallest absolute Gasteiger partial charge is 0.343 e. The minimum Gasteiger partial charge on any atom is -0.457 e. The van der Waals surface area contributed by atoms with Gasteiger partial charge in [0.05, 0.1) is 22.2 Å². The van der Waals surface area contributed by atoms with Crippen molar-refractivity contribution >= 4 is 45.4 Å². The number of rotatable bonds is 10. The molecule has 7 nitrogen and oxygen atoms in total. The van der Waals surface area contributed by atoms with Gasteiger partial charge in [0.1, 0.15) is 40.9 Å². The zero-order valence-corrected chi connectivity index (χ0v) is 28.5. The second-order valence-electron chi connectivity index (χ2n) is 11.1. The van der Waals surface area contributed by atoms with Gasteiger partial charge in [-0.05, 0) is 88.3 Å². The maximum atomic E-state index is 13.8. The Morgan fingerprint density at radius 3 is 2.28 bits per heavy atom. The Balaban J connectivity index is 1.38. The normalized spacial score (nSPS) is 10.7. The number of carbonyl (C=O) groups excluding carboxylic acids is 2. The third kappa shape index (κ3) is 8.37. The summed E-state index contributed by atoms with van der Waals surface area (Å²) >= 11 is 2.13. The van der Waals surface area contributed by atoms with Crippen LogP contribution in [-0.4, -0.2) is 30.1 Å². The number of benzene rings is 5. The quantitative estimate of drug-likeness (QED) is 0.0827. The second kappa shape index (κ2) is 15.8. The molecule has 1 amide bonds. The highest BCUT2D eigenvalue weighted by Crippen LogP contribution is 2.38. The molecule has 0 bridgehead atoms. The molecule has 10 heteroatoms. The van der Waals surface area contributed by atoms with Crippen LogP contribution >= 0.6 is 22.6 Å². The van der Waals surface area contributed by atoms with Crippen molar-refractivity contribution in [3.8, 4) is 34.7 Å². The van der Waals surface area contributed by atoms with Crippen LogP contribution in [-0.2, 0) is 22.6 Å². The molecule has 0 aliphatic rings. The first-order valence-electron chi connectivity index (χ1n) is 15.5. The van der Waals surface area contributed by atoms with Gasteiger partial charge in [0.2, 0.25) is 5.91 Å². The van der Waals surface area contributed by atoms with Gasteiger partial charge in [-0.15, -0.1) is 0 Å². The Kier molecular flexibility index (Phi) is 10.9. The summed E-state index contributed by atoms with van der Waals surface area (Å²) < 4.78 is 46.5. The lowest BCUT2D eigenvalue weighted by Crippen LogP contribution is -2.27. The van der Waals surface area contributed by atoms with Crippen molar-refractivity contribution in [2.24, 2.45) is 0 Å². The van der Waals surface area contributed by atoms with E-state index in [4.69, 9.17) is 19.0 Å². The first-order chi connectivity index (χ1) is 24.3. The van der Waals surface area contributed by atoms with E-state index in [1.54, 1.807) is 36.4 Å². The highest BCUT2D eigenvalue weighted by Gasteiger charge is 2.25. The van der Waals surface area contributed by atoms with Crippen molar-refractivity contribution in [2.75, 3.05) is 13.2 Å². The van der Waals surface area contributed by atoms with E-state index in [9.17, 15) is 18.4 Å². The summed E-state index contributed by atoms with van der Waals surface area (Å²) in [6.07, 6.45) is 0.0767. The zero-order chi connectivity index (χ0) is 35.0. The Morgan fingerprint density at radius 1 is 0.840 bits per heavy atom. The number of esters is 1. The number of ether oxygens (including phenoxy) is 2. The predicted octanol–water partition coefficient (Wildman–Crippen LogP) is 8.18. The van der Waals surface area contributed by atoms with Crippen LogP contribution in [0.25, 0.3) is 22.3 Å². The van der Waals surface area contributed by atoms with Gasteiger partial charge in [0.15, 0.2) is 5.75 Å². The van der Waals surface area contributed by atoms with Gasteiger partial charge < -0.3 is 24.3 Å². The van der Waals surface area contributed by atoms with E-state index in [0.29, 0.717) is 42.7 Å². The molecule has 0 aliphatic carbocycles. The standard InChI is InChI=1S/C40H28F2INO6/c41-30-18-27(19-31(42)22-30)24-48-40(47)37-33-23-32(13-14-35(33)50-39(37)28-9-5-2-6-10-28)49-38-29(12-11-25-7-3-1-4-8-25)17-26(20-34(38)43)21-36(46)44-15-16-45/h1-10,13-14,17-20,22-23,45H,15-16,21,24H2,(H,44,46). The number of carbonyl (C=O) groups is 2. The van der Waals surface area contributed by atoms with Gasteiger partial charge in [-0.2, -0.15) is 0 Å². The highest BCUT2D eigenvalue weighted by molar-refractivity contribution is 14.1. The summed E-state index contributed by atoms with van der Waals surface area (Å²) in [5.41, 5.74) is 3.32. The van der Waals surface area contributed by atoms with Gasteiger partial charge in [0, 0.05) is 29.1 Å². The average molecular weight is 784 g/mol. The van der Waals surface area contributed by atoms with Crippen molar-refractivity contribution in [3.63, 3.8) is 0 Å². The van der Waals surface area contributed by atoms with Crippen LogP contribution in [0.3, 0.4) is 0 Å². The molecular weight excluding hydrogens is 755 g/mol. The minimum atomic E-state index is -0.781. The molecule has 5 aromatic carbocycles. The SMILES string of the molecule is O=C(Cc1cc(I)c(Oc2ccc3oc(-c4ccccc4)c(C(=O)OCc4cc(F)cc(F)c4)c3c2)c(C#Cc2ccccc2)c1)NCCO. The average Bonchev–Trinajstić information content (AvgIpc) is 3.49. The van der Waals surface area contributed by atoms with E-state index in [0.717, 1.165) is 23.8 Å². The van der Waals surface area contributed by atoms with E-state index in [2.05, 4.69) is 39.7 Å². The summed E-state index contributed by atoms with van der Waals surface area (Å²) in [7, 11) is 0. The molecule has 2 N–H and O–H groups in total. The van der Waals surface area contributed by atoms with Crippen LogP contribution in [0.2, 0.25) is 0 Å². The van der Waals surface area contributed by atoms with E-state index in [1.165, 1.54) is 0 Å². The van der Waals surface area contributed by atoms with E-state index < -0.39 is 17.6 Å². The molecule has 0 aliphatic heterocycles. The fraction of sp³-hybridized carbons (Fsp3) is 0.100. The number of hydrogen-bond acceptors (Lipinski definition) is 6. The molecule has 0 fully saturated rings. The largest absolute Gasteiger partial charge is 0.457 e. The van der Waals surface area contributed by atoms with Crippen LogP contribution in [0.1, 0.15) is 32.6 Å². The van der Waals surface area contributed by atoms with Gasteiger partial charge in [-0.25, -0.2) is 13.6 Å². The highest BCUT2D eigenvalue weighted by atomic mass is 127. The van der Waals surface area contributed by atoms with Crippen LogP contribution in [0, 0.1) is 27.0 Å². The lowest BCUT2D eigenvalue weighted by molar-refractivity contribution is -0.120. The monoisotopic (exact) mass is 783 g/mol. The van der Waals surface area contributed by atoms with Gasteiger partial charge in [-0.1, -0.05) is 60.4 Å². The van der Waals surface area contributed by atoms with Crippen molar-refractivity contribution in [1.82, 2.24) is 5.32 Å². The summed E-state index contributed by atoms with van der Waals surface area (Å²) in [5, 5.41) is 12.1. The molecule has 6 aromatic rings. The first kappa shape index (κ1) is 34.4. The zero-order valence-electron chi connectivity index (χ0n) is 26.3. The van der Waals surface area contributed by atoms with Gasteiger partial charge in [-0.3, -0.25) is 4.79 Å². The van der Waals surface area contributed by atoms with Crippen molar-refractivity contribution in [1.29, 1.82) is 0 Å². The Bertz CT molecular complexity index is 2220. The molecule has 0 saturated heterocycles. The maximum absolute atomic E-state index is 13.8. The molecule has 0 atom stereocenters. The number of fused-ring (bicyclic) bond motifs is 1. The lowest BCUT2D eigenvalue weighted by Gasteiger charge is -2.13. The predicted molar refractivity (Wildman–Crippen MR) is 193 cm³/mol. The lowest BCUT2D eigenvalue weighted by atomic mass is 10.0. The minimum absolute atomic E-state index is 0.0767. The number of furan rings is 1. The van der Waals surface area contributed by atoms with Crippen LogP contribution in [0.15, 0.2) is 114 Å². The number of aliphatic hydroxyl groups is 1. The summed E-state index contributed by atoms with van der Waals surface area (Å²) in [6.45, 7) is -0.375. The molecule has 1 heterocycles. The molecule has 6 rings (SSSR count). The molecule has 50 heavy (non-hydrogen) atoms. The van der Waals surface area contributed by atoms with E-state index in [-0.39, 0.29) is 49.0 Å². The first-order valence-corrected chi connectivity index (χ1v) is 16.5. The summed E-state index contributed by atoms with van der Waals surface area (Å²) in [4.78, 5) is 26.1. The topological polar surface area (TPSA) is 98.0 Å². The van der Waals surface area contributed by atoms with Gasteiger partial charge in [0.25, 0.3) is 0 Å². The molecule has 0 spiro atoms. The molecule has 0 radical (unpaired) electrons. The third-order valence-electron chi connectivity index (χ3n) is 7.43. The van der Waals surface area contributed by atoms with Gasteiger partial charge >= 0.3 is 5.97 Å². The number of amides is 1. The number of hydrogen-bond donors (Lipinski definition) is 2. The Hall–Kier alpha value is -5.51. The van der Waals surface area contributed by atoms with Crippen LogP contribution in [0.4, 0.5) is 8.78 Å². The fourth-order valence-corrected chi connectivity index (χ4v) is 6.02. The van der Waals surface area contributed by atoms with Crippen LogP contribution < -0.4 is 10.1 Å². The Morgan fingerprint density at radius 2 is 1.56 bits per heavy atom. The van der Waals surface area contributed by atoms with Crippen LogP contribution in [0.5, 0.6) is 11.5 Å². The van der Waals surface area contributed by atoms with Crippen molar-refractivity contribution in [2.45, 2.75) is 13.0 Å². The molecule has 1 aromatic heterocycles. The number of aliphatic hydroxyl groups excluding tert-OH is 1. The van der Waals surface area contributed by atoms with E-state index in [1.807, 2.05) is 54.6 Å². The van der Waals surface area contributed by atoms with E-state index >= 15 is 0 Å². The van der Waals surface area contributed by atoms with Crippen molar-refractivity contribution < 1.29 is 37.4 Å².